The number of rotatable bonds is 6. The lowest BCUT2D eigenvalue weighted by Crippen LogP contribution is -2.37. The van der Waals surface area contributed by atoms with Gasteiger partial charge in [0.1, 0.15) is 0 Å². The fraction of sp³-hybridized carbons (Fsp3) is 0.321. The average Bonchev–Trinajstić information content (AvgIpc) is 2.71. The average molecular weight is 414 g/mol. The Labute approximate surface area is 183 Å². The summed E-state index contributed by atoms with van der Waals surface area (Å²) in [4.78, 5) is 5.04. The zero-order valence-electron chi connectivity index (χ0n) is 19.5. The van der Waals surface area contributed by atoms with E-state index in [-0.39, 0.29) is 0 Å². The van der Waals surface area contributed by atoms with E-state index in [9.17, 15) is 0 Å². The molecule has 0 N–H and O–H groups in total. The molecule has 0 saturated heterocycles. The second-order valence-electron chi connectivity index (χ2n) is 9.80. The fourth-order valence-electron chi connectivity index (χ4n) is 3.68. The minimum absolute atomic E-state index is 0.445. The summed E-state index contributed by atoms with van der Waals surface area (Å²) in [5, 5.41) is 1.46. The standard InChI is InChI=1S/C28H35NSi/c1-20(2)23-13-15-26(21(3)4)28(18-23)29-19-24-17-25(30(5,6)7)14-16-27(24)22-11-9-8-10-12-22/h8-21H,1-7H3. The lowest BCUT2D eigenvalue weighted by Gasteiger charge is -2.19. The SMILES string of the molecule is CC(C)c1ccc(C(C)C)c(N=Cc2cc([Si](C)(C)C)ccc2-c2ccccc2)c1. The molecule has 0 saturated carbocycles. The Balaban J connectivity index is 2.13. The number of nitrogens with zero attached hydrogens (tertiary/aromatic N) is 1. The first-order chi connectivity index (χ1) is 14.2. The summed E-state index contributed by atoms with van der Waals surface area (Å²) in [6.45, 7) is 16.2. The molecular weight excluding hydrogens is 378 g/mol. The van der Waals surface area contributed by atoms with Crippen molar-refractivity contribution in [2.24, 2.45) is 4.99 Å². The highest BCUT2D eigenvalue weighted by Crippen LogP contribution is 2.31. The van der Waals surface area contributed by atoms with Crippen LogP contribution in [-0.4, -0.2) is 14.3 Å². The molecular formula is C28H35NSi. The van der Waals surface area contributed by atoms with Gasteiger partial charge in [0.05, 0.1) is 13.8 Å². The molecule has 0 amide bonds. The lowest BCUT2D eigenvalue weighted by atomic mass is 9.95. The van der Waals surface area contributed by atoms with E-state index in [2.05, 4.69) is 120 Å². The van der Waals surface area contributed by atoms with Gasteiger partial charge in [-0.05, 0) is 40.2 Å². The van der Waals surface area contributed by atoms with Gasteiger partial charge in [-0.15, -0.1) is 0 Å². The molecule has 0 fully saturated rings. The Hall–Kier alpha value is -2.45. The third-order valence-electron chi connectivity index (χ3n) is 5.69. The molecule has 0 aliphatic heterocycles. The quantitative estimate of drug-likeness (QED) is 0.288. The van der Waals surface area contributed by atoms with Crippen LogP contribution in [-0.2, 0) is 0 Å². The molecule has 3 aromatic rings. The molecule has 0 spiro atoms. The number of hydrogen-bond acceptors (Lipinski definition) is 1. The summed E-state index contributed by atoms with van der Waals surface area (Å²) in [5.74, 6) is 0.940. The summed E-state index contributed by atoms with van der Waals surface area (Å²) in [7, 11) is -1.41. The van der Waals surface area contributed by atoms with E-state index in [0.717, 1.165) is 5.69 Å². The van der Waals surface area contributed by atoms with Gasteiger partial charge in [-0.25, -0.2) is 0 Å². The smallest absolute Gasteiger partial charge is 0.0776 e. The molecule has 30 heavy (non-hydrogen) atoms. The summed E-state index contributed by atoms with van der Waals surface area (Å²) in [6, 6.07) is 24.4. The Morgan fingerprint density at radius 3 is 2.07 bits per heavy atom. The highest BCUT2D eigenvalue weighted by Gasteiger charge is 2.18. The Bertz CT molecular complexity index is 1020. The molecule has 3 rings (SSSR count). The molecule has 0 aliphatic rings. The molecule has 0 aliphatic carbocycles. The van der Waals surface area contributed by atoms with Crippen molar-refractivity contribution >= 4 is 25.2 Å². The monoisotopic (exact) mass is 413 g/mol. The predicted octanol–water partition coefficient (Wildman–Crippen LogP) is 7.90. The van der Waals surface area contributed by atoms with E-state index in [4.69, 9.17) is 4.99 Å². The molecule has 0 aromatic heterocycles. The highest BCUT2D eigenvalue weighted by atomic mass is 28.3. The van der Waals surface area contributed by atoms with Crippen molar-refractivity contribution in [1.29, 1.82) is 0 Å². The van der Waals surface area contributed by atoms with E-state index in [1.807, 2.05) is 0 Å². The summed E-state index contributed by atoms with van der Waals surface area (Å²) in [6.07, 6.45) is 2.08. The highest BCUT2D eigenvalue weighted by molar-refractivity contribution is 6.88. The molecule has 2 heteroatoms. The minimum Gasteiger partial charge on any atom is -0.256 e. The first kappa shape index (κ1) is 22.2. The van der Waals surface area contributed by atoms with E-state index < -0.39 is 8.07 Å². The second kappa shape index (κ2) is 9.14. The third-order valence-corrected chi connectivity index (χ3v) is 7.73. The third kappa shape index (κ3) is 5.17. The van der Waals surface area contributed by atoms with Gasteiger partial charge in [0, 0.05) is 11.8 Å². The normalized spacial score (nSPS) is 12.3. The van der Waals surface area contributed by atoms with Crippen molar-refractivity contribution in [3.05, 3.63) is 83.4 Å². The lowest BCUT2D eigenvalue weighted by molar-refractivity contribution is 0.845. The second-order valence-corrected chi connectivity index (χ2v) is 14.9. The van der Waals surface area contributed by atoms with Crippen LogP contribution in [0.2, 0.25) is 19.6 Å². The molecule has 0 unspecified atom stereocenters. The van der Waals surface area contributed by atoms with Crippen LogP contribution < -0.4 is 5.19 Å². The fourth-order valence-corrected chi connectivity index (χ4v) is 4.85. The Morgan fingerprint density at radius 1 is 0.767 bits per heavy atom. The molecule has 0 bridgehead atoms. The number of benzene rings is 3. The van der Waals surface area contributed by atoms with E-state index >= 15 is 0 Å². The number of hydrogen-bond donors (Lipinski definition) is 0. The minimum atomic E-state index is -1.41. The van der Waals surface area contributed by atoms with Gasteiger partial charge in [0.2, 0.25) is 0 Å². The zero-order chi connectivity index (χ0) is 21.9. The summed E-state index contributed by atoms with van der Waals surface area (Å²) < 4.78 is 0. The molecule has 0 atom stereocenters. The Morgan fingerprint density at radius 2 is 1.47 bits per heavy atom. The molecule has 3 aromatic carbocycles. The van der Waals surface area contributed by atoms with E-state index in [0.29, 0.717) is 11.8 Å². The van der Waals surface area contributed by atoms with Crippen LogP contribution >= 0.6 is 0 Å². The maximum atomic E-state index is 5.04. The largest absolute Gasteiger partial charge is 0.256 e. The van der Waals surface area contributed by atoms with Crippen LogP contribution in [0.15, 0.2) is 71.7 Å². The van der Waals surface area contributed by atoms with Crippen molar-refractivity contribution in [2.75, 3.05) is 0 Å². The van der Waals surface area contributed by atoms with Crippen molar-refractivity contribution in [3.63, 3.8) is 0 Å². The van der Waals surface area contributed by atoms with Gasteiger partial charge in [-0.2, -0.15) is 0 Å². The van der Waals surface area contributed by atoms with Crippen molar-refractivity contribution < 1.29 is 0 Å². The maximum Gasteiger partial charge on any atom is 0.0776 e. The van der Waals surface area contributed by atoms with Gasteiger partial charge in [0.25, 0.3) is 0 Å². The van der Waals surface area contributed by atoms with Crippen LogP contribution in [0.3, 0.4) is 0 Å². The molecule has 0 radical (unpaired) electrons. The topological polar surface area (TPSA) is 12.4 Å². The van der Waals surface area contributed by atoms with Crippen molar-refractivity contribution in [3.8, 4) is 11.1 Å². The Kier molecular flexibility index (Phi) is 6.77. The van der Waals surface area contributed by atoms with Crippen LogP contribution in [0, 0.1) is 0 Å². The predicted molar refractivity (Wildman–Crippen MR) is 137 cm³/mol. The zero-order valence-corrected chi connectivity index (χ0v) is 20.5. The van der Waals surface area contributed by atoms with Crippen LogP contribution in [0.25, 0.3) is 11.1 Å². The van der Waals surface area contributed by atoms with E-state index in [1.165, 1.54) is 33.0 Å². The van der Waals surface area contributed by atoms with Crippen LogP contribution in [0.1, 0.15) is 56.2 Å². The van der Waals surface area contributed by atoms with E-state index in [1.54, 1.807) is 0 Å². The van der Waals surface area contributed by atoms with Gasteiger partial charge >= 0.3 is 0 Å². The number of aliphatic imine (C=N–C) groups is 1. The molecule has 156 valence electrons. The van der Waals surface area contributed by atoms with Crippen LogP contribution in [0.5, 0.6) is 0 Å². The molecule has 0 heterocycles. The van der Waals surface area contributed by atoms with Gasteiger partial charge in [-0.3, -0.25) is 4.99 Å². The van der Waals surface area contributed by atoms with Gasteiger partial charge in [-0.1, -0.05) is 113 Å². The van der Waals surface area contributed by atoms with Crippen molar-refractivity contribution in [2.45, 2.75) is 59.2 Å². The first-order valence-electron chi connectivity index (χ1n) is 11.0. The van der Waals surface area contributed by atoms with Crippen LogP contribution in [0.4, 0.5) is 5.69 Å². The van der Waals surface area contributed by atoms with Gasteiger partial charge < -0.3 is 0 Å². The first-order valence-corrected chi connectivity index (χ1v) is 14.5. The van der Waals surface area contributed by atoms with Gasteiger partial charge in [0.15, 0.2) is 0 Å². The van der Waals surface area contributed by atoms with Crippen molar-refractivity contribution in [1.82, 2.24) is 0 Å². The summed E-state index contributed by atoms with van der Waals surface area (Å²) in [5.41, 5.74) is 7.41. The summed E-state index contributed by atoms with van der Waals surface area (Å²) >= 11 is 0. The maximum absolute atomic E-state index is 5.04. The molecule has 1 nitrogen and oxygen atoms in total.